The first-order valence-electron chi connectivity index (χ1n) is 12.5. The van der Waals surface area contributed by atoms with E-state index in [1.807, 2.05) is 35.2 Å². The fourth-order valence-electron chi connectivity index (χ4n) is 5.01. The van der Waals surface area contributed by atoms with Crippen LogP contribution in [0.25, 0.3) is 11.3 Å². The molecular weight excluding hydrogens is 506 g/mol. The van der Waals surface area contributed by atoms with E-state index in [0.29, 0.717) is 55.7 Å². The first-order chi connectivity index (χ1) is 18.3. The number of sulfonamides is 1. The molecule has 11 heteroatoms. The number of aryl methyl sites for hydroxylation is 1. The Kier molecular flexibility index (Phi) is 7.22. The molecule has 0 radical (unpaired) electrons. The Balaban J connectivity index is 1.26. The zero-order valence-corrected chi connectivity index (χ0v) is 22.6. The molecule has 0 N–H and O–H groups in total. The number of ether oxygens (including phenoxy) is 2. The van der Waals surface area contributed by atoms with Crippen molar-refractivity contribution in [1.82, 2.24) is 14.5 Å². The summed E-state index contributed by atoms with van der Waals surface area (Å²) in [5.41, 5.74) is 3.26. The van der Waals surface area contributed by atoms with E-state index < -0.39 is 10.0 Å². The molecule has 200 valence electrons. The van der Waals surface area contributed by atoms with Gasteiger partial charge in [0.15, 0.2) is 17.3 Å². The molecule has 0 unspecified atom stereocenters. The van der Waals surface area contributed by atoms with Crippen LogP contribution in [0.4, 0.5) is 11.5 Å². The minimum Gasteiger partial charge on any atom is -0.493 e. The van der Waals surface area contributed by atoms with Gasteiger partial charge in [0.1, 0.15) is 0 Å². The number of carbonyl (C=O) groups is 1. The third-order valence-corrected chi connectivity index (χ3v) is 8.97. The predicted molar refractivity (Wildman–Crippen MR) is 144 cm³/mol. The van der Waals surface area contributed by atoms with Crippen molar-refractivity contribution in [3.05, 3.63) is 54.1 Å². The van der Waals surface area contributed by atoms with Gasteiger partial charge in [-0.05, 0) is 66.9 Å². The zero-order valence-electron chi connectivity index (χ0n) is 21.8. The third kappa shape index (κ3) is 4.91. The first-order valence-corrected chi connectivity index (χ1v) is 14.0. The van der Waals surface area contributed by atoms with Crippen molar-refractivity contribution in [2.45, 2.75) is 24.7 Å². The summed E-state index contributed by atoms with van der Waals surface area (Å²) < 4.78 is 39.0. The van der Waals surface area contributed by atoms with Crippen LogP contribution in [-0.4, -0.2) is 75.8 Å². The maximum atomic E-state index is 13.4. The van der Waals surface area contributed by atoms with Gasteiger partial charge in [0.05, 0.1) is 24.8 Å². The van der Waals surface area contributed by atoms with Crippen LogP contribution in [0.5, 0.6) is 11.5 Å². The molecule has 1 fully saturated rings. The van der Waals surface area contributed by atoms with Gasteiger partial charge in [0.2, 0.25) is 15.9 Å². The maximum Gasteiger partial charge on any atom is 0.243 e. The lowest BCUT2D eigenvalue weighted by molar-refractivity contribution is -0.116. The number of aromatic nitrogens is 2. The second kappa shape index (κ2) is 10.6. The number of methoxy groups -OCH3 is 2. The summed E-state index contributed by atoms with van der Waals surface area (Å²) in [5, 5.41) is 8.78. The first kappa shape index (κ1) is 25.9. The fraction of sp³-hybridized carbons (Fsp3) is 0.370. The molecule has 3 aromatic rings. The number of hydrogen-bond acceptors (Lipinski definition) is 8. The molecule has 0 spiro atoms. The largest absolute Gasteiger partial charge is 0.493 e. The van der Waals surface area contributed by atoms with Crippen molar-refractivity contribution in [2.75, 3.05) is 56.7 Å². The van der Waals surface area contributed by atoms with Gasteiger partial charge in [-0.3, -0.25) is 4.79 Å². The van der Waals surface area contributed by atoms with Gasteiger partial charge in [0.25, 0.3) is 0 Å². The lowest BCUT2D eigenvalue weighted by atomic mass is 10.0. The normalized spacial score (nSPS) is 16.2. The molecule has 2 aliphatic rings. The molecule has 1 amide bonds. The number of benzene rings is 2. The van der Waals surface area contributed by atoms with Crippen molar-refractivity contribution in [3.63, 3.8) is 0 Å². The summed E-state index contributed by atoms with van der Waals surface area (Å²) >= 11 is 0. The lowest BCUT2D eigenvalue weighted by Crippen LogP contribution is -2.49. The van der Waals surface area contributed by atoms with Gasteiger partial charge < -0.3 is 19.3 Å². The molecule has 0 atom stereocenters. The van der Waals surface area contributed by atoms with E-state index in [2.05, 4.69) is 10.2 Å². The molecule has 5 rings (SSSR count). The fourth-order valence-corrected chi connectivity index (χ4v) is 6.48. The second-order valence-corrected chi connectivity index (χ2v) is 11.2. The quantitative estimate of drug-likeness (QED) is 0.473. The summed E-state index contributed by atoms with van der Waals surface area (Å²) in [6.45, 7) is 3.90. The van der Waals surface area contributed by atoms with Gasteiger partial charge in [-0.15, -0.1) is 10.2 Å². The van der Waals surface area contributed by atoms with Crippen LogP contribution in [0, 0.1) is 0 Å². The zero-order chi connectivity index (χ0) is 26.9. The van der Waals surface area contributed by atoms with Gasteiger partial charge in [0, 0.05) is 50.9 Å². The van der Waals surface area contributed by atoms with Crippen LogP contribution in [0.15, 0.2) is 53.4 Å². The molecule has 2 aliphatic heterocycles. The minimum absolute atomic E-state index is 0.0301. The maximum absolute atomic E-state index is 13.4. The predicted octanol–water partition coefficient (Wildman–Crippen LogP) is 2.97. The lowest BCUT2D eigenvalue weighted by Gasteiger charge is -2.35. The Morgan fingerprint density at radius 2 is 1.63 bits per heavy atom. The monoisotopic (exact) mass is 537 g/mol. The van der Waals surface area contributed by atoms with Crippen LogP contribution in [0.3, 0.4) is 0 Å². The number of nitrogens with zero attached hydrogens (tertiary/aromatic N) is 5. The molecule has 2 aromatic carbocycles. The van der Waals surface area contributed by atoms with E-state index >= 15 is 0 Å². The Bertz CT molecular complexity index is 1440. The highest BCUT2D eigenvalue weighted by Gasteiger charge is 2.30. The summed E-state index contributed by atoms with van der Waals surface area (Å²) in [5.74, 6) is 1.92. The van der Waals surface area contributed by atoms with Gasteiger partial charge in [-0.25, -0.2) is 8.42 Å². The number of rotatable bonds is 6. The SMILES string of the molecule is COc1ccc(-c2ccc(N3CCN(S(=O)(=O)c4ccc5c(c4)CCCN5C(C)=O)CC3)nn2)cc1OC. The smallest absolute Gasteiger partial charge is 0.243 e. The summed E-state index contributed by atoms with van der Waals surface area (Å²) in [7, 11) is -0.471. The van der Waals surface area contributed by atoms with E-state index in [4.69, 9.17) is 9.47 Å². The van der Waals surface area contributed by atoms with Crippen LogP contribution < -0.4 is 19.3 Å². The molecule has 0 saturated carbocycles. The number of piperazine rings is 1. The van der Waals surface area contributed by atoms with E-state index in [0.717, 1.165) is 29.7 Å². The van der Waals surface area contributed by atoms with Crippen LogP contribution in [0.2, 0.25) is 0 Å². The number of fused-ring (bicyclic) bond motifs is 1. The molecule has 10 nitrogen and oxygen atoms in total. The van der Waals surface area contributed by atoms with Crippen molar-refractivity contribution in [2.24, 2.45) is 0 Å². The van der Waals surface area contributed by atoms with Crippen LogP contribution in [0.1, 0.15) is 18.9 Å². The number of hydrogen-bond donors (Lipinski definition) is 0. The van der Waals surface area contributed by atoms with Crippen molar-refractivity contribution < 1.29 is 22.7 Å². The van der Waals surface area contributed by atoms with E-state index in [9.17, 15) is 13.2 Å². The summed E-state index contributed by atoms with van der Waals surface area (Å²) in [4.78, 5) is 16.0. The average Bonchev–Trinajstić information content (AvgIpc) is 2.96. The van der Waals surface area contributed by atoms with Crippen molar-refractivity contribution in [3.8, 4) is 22.8 Å². The van der Waals surface area contributed by atoms with Crippen molar-refractivity contribution >= 4 is 27.4 Å². The molecule has 0 bridgehead atoms. The average molecular weight is 538 g/mol. The highest BCUT2D eigenvalue weighted by molar-refractivity contribution is 7.89. The molecule has 3 heterocycles. The summed E-state index contributed by atoms with van der Waals surface area (Å²) in [6, 6.07) is 14.5. The van der Waals surface area contributed by atoms with Crippen LogP contribution >= 0.6 is 0 Å². The molecule has 1 aromatic heterocycles. The summed E-state index contributed by atoms with van der Waals surface area (Å²) in [6.07, 6.45) is 1.58. The number of anilines is 2. The molecule has 38 heavy (non-hydrogen) atoms. The standard InChI is InChI=1S/C27H31N5O5S/c1-19(33)32-12-4-5-21-17-22(7-9-24(21)32)38(34,35)31-15-13-30(14-16-31)27-11-8-23(28-29-27)20-6-10-25(36-2)26(18-20)37-3/h6-11,17-18H,4-5,12-16H2,1-3H3. The van der Waals surface area contributed by atoms with Crippen molar-refractivity contribution in [1.29, 1.82) is 0 Å². The number of carbonyl (C=O) groups excluding carboxylic acids is 1. The van der Waals surface area contributed by atoms with Gasteiger partial charge in [-0.1, -0.05) is 0 Å². The van der Waals surface area contributed by atoms with E-state index in [-0.39, 0.29) is 10.8 Å². The second-order valence-electron chi connectivity index (χ2n) is 9.30. The number of amides is 1. The Morgan fingerprint density at radius 3 is 2.29 bits per heavy atom. The molecule has 0 aliphatic carbocycles. The van der Waals surface area contributed by atoms with Gasteiger partial charge in [-0.2, -0.15) is 4.31 Å². The highest BCUT2D eigenvalue weighted by atomic mass is 32.2. The minimum atomic E-state index is -3.65. The van der Waals surface area contributed by atoms with Gasteiger partial charge >= 0.3 is 0 Å². The van der Waals surface area contributed by atoms with E-state index in [1.54, 1.807) is 37.3 Å². The Hall–Kier alpha value is -3.70. The van der Waals surface area contributed by atoms with E-state index in [1.165, 1.54) is 11.2 Å². The third-order valence-electron chi connectivity index (χ3n) is 7.08. The Morgan fingerprint density at radius 1 is 0.868 bits per heavy atom. The Labute approximate surface area is 222 Å². The highest BCUT2D eigenvalue weighted by Crippen LogP contribution is 2.33. The van der Waals surface area contributed by atoms with Crippen LogP contribution in [-0.2, 0) is 21.2 Å². The topological polar surface area (TPSA) is 105 Å². The molecule has 1 saturated heterocycles. The molecular formula is C27H31N5O5S.